The summed E-state index contributed by atoms with van der Waals surface area (Å²) in [6, 6.07) is 9.37. The third-order valence-electron chi connectivity index (χ3n) is 3.25. The van der Waals surface area contributed by atoms with Crippen LogP contribution >= 0.6 is 0 Å². The third-order valence-corrected chi connectivity index (χ3v) is 3.25. The van der Waals surface area contributed by atoms with Crippen LogP contribution in [0.1, 0.15) is 30.4 Å². The smallest absolute Gasteiger partial charge is 0.0719 e. The Morgan fingerprint density at radius 3 is 2.78 bits per heavy atom. The van der Waals surface area contributed by atoms with Crippen molar-refractivity contribution in [1.82, 2.24) is 5.32 Å². The number of ether oxygens (including phenoxy) is 1. The van der Waals surface area contributed by atoms with Crippen LogP contribution in [0.25, 0.3) is 0 Å². The molecule has 2 heteroatoms. The van der Waals surface area contributed by atoms with Gasteiger partial charge in [0, 0.05) is 6.04 Å². The topological polar surface area (TPSA) is 21.3 Å². The Morgan fingerprint density at radius 2 is 2.06 bits per heavy atom. The van der Waals surface area contributed by atoms with Crippen LogP contribution in [0.5, 0.6) is 0 Å². The summed E-state index contributed by atoms with van der Waals surface area (Å²) in [5, 5.41) is 3.55. The Kier molecular flexibility index (Phi) is 5.43. The summed E-state index contributed by atoms with van der Waals surface area (Å²) in [7, 11) is 0. The van der Waals surface area contributed by atoms with E-state index in [1.807, 2.05) is 6.08 Å². The van der Waals surface area contributed by atoms with Crippen LogP contribution in [0.15, 0.2) is 36.9 Å². The SMILES string of the molecule is C=CCCOCc1ccccc1CCNC1CC1. The molecule has 98 valence electrons. The van der Waals surface area contributed by atoms with Gasteiger partial charge < -0.3 is 10.1 Å². The molecular formula is C16H23NO. The molecule has 2 rings (SSSR count). The summed E-state index contributed by atoms with van der Waals surface area (Å²) in [6.45, 7) is 6.25. The molecular weight excluding hydrogens is 222 g/mol. The minimum Gasteiger partial charge on any atom is -0.376 e. The van der Waals surface area contributed by atoms with Gasteiger partial charge in [-0.15, -0.1) is 6.58 Å². The van der Waals surface area contributed by atoms with E-state index in [1.54, 1.807) is 0 Å². The first-order valence-corrected chi connectivity index (χ1v) is 6.89. The average molecular weight is 245 g/mol. The maximum absolute atomic E-state index is 5.65. The summed E-state index contributed by atoms with van der Waals surface area (Å²) in [4.78, 5) is 0. The highest BCUT2D eigenvalue weighted by Gasteiger charge is 2.19. The molecule has 1 aliphatic rings. The zero-order chi connectivity index (χ0) is 12.6. The Hall–Kier alpha value is -1.12. The molecule has 1 aromatic carbocycles. The third kappa shape index (κ3) is 4.63. The van der Waals surface area contributed by atoms with Crippen LogP contribution in [0.4, 0.5) is 0 Å². The van der Waals surface area contributed by atoms with Crippen LogP contribution in [0, 0.1) is 0 Å². The lowest BCUT2D eigenvalue weighted by molar-refractivity contribution is 0.125. The van der Waals surface area contributed by atoms with Crippen molar-refractivity contribution in [2.75, 3.05) is 13.2 Å². The fourth-order valence-corrected chi connectivity index (χ4v) is 1.99. The molecule has 0 aliphatic heterocycles. The van der Waals surface area contributed by atoms with E-state index in [9.17, 15) is 0 Å². The van der Waals surface area contributed by atoms with E-state index in [4.69, 9.17) is 4.74 Å². The lowest BCUT2D eigenvalue weighted by atomic mass is 10.1. The van der Waals surface area contributed by atoms with E-state index < -0.39 is 0 Å². The molecule has 0 saturated heterocycles. The summed E-state index contributed by atoms with van der Waals surface area (Å²) >= 11 is 0. The summed E-state index contributed by atoms with van der Waals surface area (Å²) in [5.74, 6) is 0. The highest BCUT2D eigenvalue weighted by Crippen LogP contribution is 2.18. The Morgan fingerprint density at radius 1 is 1.28 bits per heavy atom. The van der Waals surface area contributed by atoms with E-state index in [1.165, 1.54) is 24.0 Å². The number of benzene rings is 1. The van der Waals surface area contributed by atoms with E-state index in [0.717, 1.165) is 32.0 Å². The first-order chi connectivity index (χ1) is 8.90. The van der Waals surface area contributed by atoms with E-state index in [0.29, 0.717) is 6.61 Å². The predicted octanol–water partition coefficient (Wildman–Crippen LogP) is 3.07. The van der Waals surface area contributed by atoms with Gasteiger partial charge in [-0.1, -0.05) is 30.3 Å². The predicted molar refractivity (Wildman–Crippen MR) is 75.6 cm³/mol. The molecule has 0 aromatic heterocycles. The highest BCUT2D eigenvalue weighted by atomic mass is 16.5. The van der Waals surface area contributed by atoms with E-state index >= 15 is 0 Å². The molecule has 0 spiro atoms. The Balaban J connectivity index is 1.77. The normalized spacial score (nSPS) is 14.7. The maximum atomic E-state index is 5.65. The number of nitrogens with one attached hydrogen (secondary N) is 1. The van der Waals surface area contributed by atoms with Gasteiger partial charge in [-0.3, -0.25) is 0 Å². The second kappa shape index (κ2) is 7.34. The number of hydrogen-bond donors (Lipinski definition) is 1. The van der Waals surface area contributed by atoms with Crippen LogP contribution in [-0.2, 0) is 17.8 Å². The number of rotatable bonds is 9. The zero-order valence-corrected chi connectivity index (χ0v) is 11.0. The van der Waals surface area contributed by atoms with Crippen LogP contribution in [0.3, 0.4) is 0 Å². The Labute approximate surface area is 110 Å². The summed E-state index contributed by atoms with van der Waals surface area (Å²) in [6.07, 6.45) is 6.62. The molecule has 1 fully saturated rings. The van der Waals surface area contributed by atoms with Crippen LogP contribution in [0.2, 0.25) is 0 Å². The van der Waals surface area contributed by atoms with Crippen LogP contribution < -0.4 is 5.32 Å². The molecule has 1 saturated carbocycles. The van der Waals surface area contributed by atoms with Crippen molar-refractivity contribution >= 4 is 0 Å². The van der Waals surface area contributed by atoms with Gasteiger partial charge in [-0.2, -0.15) is 0 Å². The fraction of sp³-hybridized carbons (Fsp3) is 0.500. The fourth-order valence-electron chi connectivity index (χ4n) is 1.99. The van der Waals surface area contributed by atoms with Gasteiger partial charge in [0.25, 0.3) is 0 Å². The lowest BCUT2D eigenvalue weighted by Gasteiger charge is -2.10. The minimum atomic E-state index is 0.716. The zero-order valence-electron chi connectivity index (χ0n) is 11.0. The molecule has 1 aliphatic carbocycles. The van der Waals surface area contributed by atoms with Crippen molar-refractivity contribution in [3.63, 3.8) is 0 Å². The average Bonchev–Trinajstić information content (AvgIpc) is 3.20. The lowest BCUT2D eigenvalue weighted by Crippen LogP contribution is -2.19. The maximum Gasteiger partial charge on any atom is 0.0719 e. The molecule has 0 heterocycles. The standard InChI is InChI=1S/C16H23NO/c1-2-3-12-18-13-15-7-5-4-6-14(15)10-11-17-16-8-9-16/h2,4-7,16-17H,1,3,8-13H2. The largest absolute Gasteiger partial charge is 0.376 e. The highest BCUT2D eigenvalue weighted by molar-refractivity contribution is 5.26. The Bertz CT molecular complexity index is 371. The van der Waals surface area contributed by atoms with Gasteiger partial charge >= 0.3 is 0 Å². The monoisotopic (exact) mass is 245 g/mol. The van der Waals surface area contributed by atoms with Crippen molar-refractivity contribution in [1.29, 1.82) is 0 Å². The first-order valence-electron chi connectivity index (χ1n) is 6.89. The van der Waals surface area contributed by atoms with Crippen molar-refractivity contribution in [2.24, 2.45) is 0 Å². The van der Waals surface area contributed by atoms with Crippen molar-refractivity contribution in [3.05, 3.63) is 48.0 Å². The van der Waals surface area contributed by atoms with Gasteiger partial charge in [0.05, 0.1) is 13.2 Å². The molecule has 0 unspecified atom stereocenters. The van der Waals surface area contributed by atoms with Gasteiger partial charge in [0.15, 0.2) is 0 Å². The van der Waals surface area contributed by atoms with E-state index in [-0.39, 0.29) is 0 Å². The summed E-state index contributed by atoms with van der Waals surface area (Å²) < 4.78 is 5.65. The molecule has 0 atom stereocenters. The van der Waals surface area contributed by atoms with Gasteiger partial charge in [-0.25, -0.2) is 0 Å². The second-order valence-electron chi connectivity index (χ2n) is 4.88. The first kappa shape index (κ1) is 13.3. The quantitative estimate of drug-likeness (QED) is 0.533. The molecule has 2 nitrogen and oxygen atoms in total. The molecule has 18 heavy (non-hydrogen) atoms. The summed E-state index contributed by atoms with van der Waals surface area (Å²) in [5.41, 5.74) is 2.73. The van der Waals surface area contributed by atoms with Crippen molar-refractivity contribution in [2.45, 2.75) is 38.3 Å². The van der Waals surface area contributed by atoms with Gasteiger partial charge in [0.1, 0.15) is 0 Å². The van der Waals surface area contributed by atoms with Gasteiger partial charge in [-0.05, 0) is 43.4 Å². The van der Waals surface area contributed by atoms with Crippen molar-refractivity contribution < 1.29 is 4.74 Å². The molecule has 0 radical (unpaired) electrons. The van der Waals surface area contributed by atoms with Crippen LogP contribution in [-0.4, -0.2) is 19.2 Å². The van der Waals surface area contributed by atoms with Crippen molar-refractivity contribution in [3.8, 4) is 0 Å². The van der Waals surface area contributed by atoms with E-state index in [2.05, 4.69) is 36.2 Å². The number of hydrogen-bond acceptors (Lipinski definition) is 2. The second-order valence-corrected chi connectivity index (χ2v) is 4.88. The molecule has 0 bridgehead atoms. The molecule has 1 N–H and O–H groups in total. The van der Waals surface area contributed by atoms with Gasteiger partial charge in [0.2, 0.25) is 0 Å². The molecule has 1 aromatic rings. The minimum absolute atomic E-state index is 0.716. The molecule has 0 amide bonds.